The van der Waals surface area contributed by atoms with Crippen LogP contribution in [0.15, 0.2) is 53.4 Å². The van der Waals surface area contributed by atoms with Crippen LogP contribution in [-0.2, 0) is 16.4 Å². The van der Waals surface area contributed by atoms with Crippen LogP contribution >= 0.6 is 0 Å². The zero-order chi connectivity index (χ0) is 15.5. The van der Waals surface area contributed by atoms with Gasteiger partial charge < -0.3 is 10.5 Å². The maximum absolute atomic E-state index is 11.4. The van der Waals surface area contributed by atoms with Crippen LogP contribution < -0.4 is 10.5 Å². The molecule has 0 unspecified atom stereocenters. The zero-order valence-corrected chi connectivity index (χ0v) is 12.4. The van der Waals surface area contributed by atoms with Crippen molar-refractivity contribution in [2.24, 2.45) is 5.73 Å². The summed E-state index contributed by atoms with van der Waals surface area (Å²) in [7, 11) is -3.20. The molecule has 0 bridgehead atoms. The molecule has 0 aliphatic carbocycles. The molecule has 5 nitrogen and oxygen atoms in total. The Kier molecular flexibility index (Phi) is 4.28. The first-order chi connectivity index (χ1) is 9.88. The van der Waals surface area contributed by atoms with Gasteiger partial charge in [-0.25, -0.2) is 8.42 Å². The summed E-state index contributed by atoms with van der Waals surface area (Å²) in [4.78, 5) is 0.249. The van der Waals surface area contributed by atoms with Gasteiger partial charge in [-0.15, -0.1) is 0 Å². The fourth-order valence-corrected chi connectivity index (χ4v) is 2.48. The van der Waals surface area contributed by atoms with Crippen LogP contribution in [0, 0.1) is 5.41 Å². The molecule has 0 radical (unpaired) electrons. The first kappa shape index (κ1) is 15.1. The van der Waals surface area contributed by atoms with Crippen molar-refractivity contribution in [2.75, 3.05) is 6.26 Å². The van der Waals surface area contributed by atoms with Crippen LogP contribution in [0.25, 0.3) is 0 Å². The number of rotatable bonds is 5. The van der Waals surface area contributed by atoms with Crippen LogP contribution in [0.2, 0.25) is 0 Å². The number of hydrogen-bond acceptors (Lipinski definition) is 4. The van der Waals surface area contributed by atoms with Crippen molar-refractivity contribution < 1.29 is 13.2 Å². The van der Waals surface area contributed by atoms with Crippen molar-refractivity contribution in [1.29, 1.82) is 5.41 Å². The molecule has 0 saturated carbocycles. The van der Waals surface area contributed by atoms with Gasteiger partial charge in [-0.2, -0.15) is 0 Å². The highest BCUT2D eigenvalue weighted by atomic mass is 32.2. The molecule has 0 heterocycles. The van der Waals surface area contributed by atoms with Crippen LogP contribution in [-0.4, -0.2) is 20.5 Å². The number of hydrogen-bond donors (Lipinski definition) is 2. The molecule has 0 saturated heterocycles. The Morgan fingerprint density at radius 3 is 2.33 bits per heavy atom. The van der Waals surface area contributed by atoms with Gasteiger partial charge in [-0.05, 0) is 24.3 Å². The Labute approximate surface area is 123 Å². The van der Waals surface area contributed by atoms with Crippen LogP contribution in [0.3, 0.4) is 0 Å². The molecule has 0 amide bonds. The van der Waals surface area contributed by atoms with Crippen LogP contribution in [0.5, 0.6) is 5.75 Å². The fraction of sp³-hybridized carbons (Fsp3) is 0.133. The number of nitrogen functional groups attached to an aromatic ring is 1. The summed E-state index contributed by atoms with van der Waals surface area (Å²) >= 11 is 0. The molecule has 0 spiro atoms. The lowest BCUT2D eigenvalue weighted by molar-refractivity contribution is 0.306. The molecule has 0 aliphatic rings. The van der Waals surface area contributed by atoms with E-state index in [1.807, 2.05) is 12.1 Å². The number of benzene rings is 2. The maximum Gasteiger partial charge on any atom is 0.175 e. The molecule has 6 heteroatoms. The summed E-state index contributed by atoms with van der Waals surface area (Å²) in [6, 6.07) is 13.5. The van der Waals surface area contributed by atoms with Gasteiger partial charge in [-0.3, -0.25) is 5.41 Å². The van der Waals surface area contributed by atoms with Crippen molar-refractivity contribution in [1.82, 2.24) is 0 Å². The Hall–Kier alpha value is -2.34. The summed E-state index contributed by atoms with van der Waals surface area (Å²) in [5.74, 6) is 0.544. The van der Waals surface area contributed by atoms with Crippen molar-refractivity contribution >= 4 is 15.7 Å². The van der Waals surface area contributed by atoms with Gasteiger partial charge in [0.2, 0.25) is 0 Å². The molecule has 0 fully saturated rings. The minimum atomic E-state index is -3.20. The third-order valence-electron chi connectivity index (χ3n) is 2.95. The topological polar surface area (TPSA) is 93.2 Å². The van der Waals surface area contributed by atoms with Gasteiger partial charge >= 0.3 is 0 Å². The number of nitrogens with two attached hydrogens (primary N) is 1. The average Bonchev–Trinajstić information content (AvgIpc) is 2.45. The molecule has 110 valence electrons. The third-order valence-corrected chi connectivity index (χ3v) is 4.08. The predicted octanol–water partition coefficient (Wildman–Crippen LogP) is 1.95. The standard InChI is InChI=1S/C15H16N2O3S/c1-21(18,19)13-8-6-12(7-9-13)20-10-11-4-2-3-5-14(11)15(16)17/h2-9H,10H2,1H3,(H3,16,17). The summed E-state index contributed by atoms with van der Waals surface area (Å²) in [5.41, 5.74) is 6.95. The Bertz CT molecular complexity index is 753. The Morgan fingerprint density at radius 1 is 1.14 bits per heavy atom. The number of amidine groups is 1. The van der Waals surface area contributed by atoms with Gasteiger partial charge in [0.05, 0.1) is 4.90 Å². The van der Waals surface area contributed by atoms with Gasteiger partial charge in [0.15, 0.2) is 9.84 Å². The summed E-state index contributed by atoms with van der Waals surface area (Å²) in [6.07, 6.45) is 1.16. The third kappa shape index (κ3) is 3.82. The molecule has 2 rings (SSSR count). The quantitative estimate of drug-likeness (QED) is 0.652. The van der Waals surface area contributed by atoms with Gasteiger partial charge in [0.1, 0.15) is 18.2 Å². The first-order valence-corrected chi connectivity index (χ1v) is 8.12. The SMILES string of the molecule is CS(=O)(=O)c1ccc(OCc2ccccc2C(=N)N)cc1. The maximum atomic E-state index is 11.4. The molecule has 0 aromatic heterocycles. The smallest absolute Gasteiger partial charge is 0.175 e. The van der Waals surface area contributed by atoms with E-state index < -0.39 is 9.84 Å². The molecule has 0 atom stereocenters. The Balaban J connectivity index is 2.12. The van der Waals surface area contributed by atoms with E-state index in [0.717, 1.165) is 11.8 Å². The lowest BCUT2D eigenvalue weighted by Gasteiger charge is -2.10. The molecule has 2 aromatic carbocycles. The molecule has 21 heavy (non-hydrogen) atoms. The molecule has 2 aromatic rings. The van der Waals surface area contributed by atoms with Gasteiger partial charge in [0.25, 0.3) is 0 Å². The highest BCUT2D eigenvalue weighted by molar-refractivity contribution is 7.90. The van der Waals surface area contributed by atoms with Crippen molar-refractivity contribution in [3.05, 3.63) is 59.7 Å². The van der Waals surface area contributed by atoms with E-state index in [-0.39, 0.29) is 17.3 Å². The van der Waals surface area contributed by atoms with Crippen molar-refractivity contribution in [3.63, 3.8) is 0 Å². The van der Waals surface area contributed by atoms with Crippen molar-refractivity contribution in [2.45, 2.75) is 11.5 Å². The van der Waals surface area contributed by atoms with Gasteiger partial charge in [0, 0.05) is 17.4 Å². The Morgan fingerprint density at radius 2 is 1.76 bits per heavy atom. The highest BCUT2D eigenvalue weighted by Gasteiger charge is 2.08. The summed E-state index contributed by atoms with van der Waals surface area (Å²) in [6.45, 7) is 0.258. The minimum absolute atomic E-state index is 0.0124. The average molecular weight is 304 g/mol. The second-order valence-corrected chi connectivity index (χ2v) is 6.62. The number of ether oxygens (including phenoxy) is 1. The van der Waals surface area contributed by atoms with E-state index in [4.69, 9.17) is 15.9 Å². The van der Waals surface area contributed by atoms with E-state index in [9.17, 15) is 8.42 Å². The number of sulfone groups is 1. The summed E-state index contributed by atoms with van der Waals surface area (Å²) < 4.78 is 28.3. The van der Waals surface area contributed by atoms with E-state index in [1.54, 1.807) is 24.3 Å². The first-order valence-electron chi connectivity index (χ1n) is 6.23. The second-order valence-electron chi connectivity index (χ2n) is 4.60. The normalized spacial score (nSPS) is 11.1. The van der Waals surface area contributed by atoms with E-state index in [0.29, 0.717) is 11.3 Å². The van der Waals surface area contributed by atoms with E-state index >= 15 is 0 Å². The molecule has 0 aliphatic heterocycles. The van der Waals surface area contributed by atoms with E-state index in [1.165, 1.54) is 12.1 Å². The lowest BCUT2D eigenvalue weighted by atomic mass is 10.1. The summed E-state index contributed by atoms with van der Waals surface area (Å²) in [5, 5.41) is 7.51. The van der Waals surface area contributed by atoms with Gasteiger partial charge in [-0.1, -0.05) is 24.3 Å². The van der Waals surface area contributed by atoms with Crippen LogP contribution in [0.1, 0.15) is 11.1 Å². The van der Waals surface area contributed by atoms with Crippen molar-refractivity contribution in [3.8, 4) is 5.75 Å². The molecular formula is C15H16N2O3S. The molecule has 3 N–H and O–H groups in total. The zero-order valence-electron chi connectivity index (χ0n) is 11.5. The minimum Gasteiger partial charge on any atom is -0.489 e. The predicted molar refractivity (Wildman–Crippen MR) is 81.3 cm³/mol. The second kappa shape index (κ2) is 5.97. The van der Waals surface area contributed by atoms with Crippen LogP contribution in [0.4, 0.5) is 0 Å². The highest BCUT2D eigenvalue weighted by Crippen LogP contribution is 2.18. The largest absolute Gasteiger partial charge is 0.489 e. The fourth-order valence-electron chi connectivity index (χ4n) is 1.85. The monoisotopic (exact) mass is 304 g/mol. The molecular weight excluding hydrogens is 288 g/mol. The lowest BCUT2D eigenvalue weighted by Crippen LogP contribution is -2.14. The van der Waals surface area contributed by atoms with E-state index in [2.05, 4.69) is 0 Å². The number of nitrogens with one attached hydrogen (secondary N) is 1.